The van der Waals surface area contributed by atoms with Gasteiger partial charge >= 0.3 is 0 Å². The van der Waals surface area contributed by atoms with Crippen molar-refractivity contribution < 1.29 is 0 Å². The highest BCUT2D eigenvalue weighted by molar-refractivity contribution is 9.10. The molecule has 0 aliphatic carbocycles. The summed E-state index contributed by atoms with van der Waals surface area (Å²) in [4.78, 5) is 2.48. The molecule has 0 bridgehead atoms. The van der Waals surface area contributed by atoms with Gasteiger partial charge in [0.1, 0.15) is 0 Å². The third kappa shape index (κ3) is 2.92. The van der Waals surface area contributed by atoms with Crippen molar-refractivity contribution in [1.29, 1.82) is 0 Å². The molecule has 16 heavy (non-hydrogen) atoms. The summed E-state index contributed by atoms with van der Waals surface area (Å²) < 4.78 is 1.17. The van der Waals surface area contributed by atoms with Gasteiger partial charge in [0.05, 0.1) is 5.69 Å². The molecule has 0 atom stereocenters. The Labute approximate surface area is 111 Å². The van der Waals surface area contributed by atoms with Crippen LogP contribution in [-0.4, -0.2) is 13.1 Å². The van der Waals surface area contributed by atoms with Gasteiger partial charge in [-0.1, -0.05) is 18.9 Å². The van der Waals surface area contributed by atoms with Gasteiger partial charge in [-0.15, -0.1) is 11.6 Å². The number of anilines is 1. The fourth-order valence-corrected chi connectivity index (χ4v) is 3.04. The summed E-state index contributed by atoms with van der Waals surface area (Å²) in [6.07, 6.45) is 5.36. The average Bonchev–Trinajstić information content (AvgIpc) is 2.57. The summed E-state index contributed by atoms with van der Waals surface area (Å²) in [6, 6.07) is 6.44. The van der Waals surface area contributed by atoms with Crippen LogP contribution in [0.3, 0.4) is 0 Å². The van der Waals surface area contributed by atoms with E-state index in [0.717, 1.165) is 0 Å². The lowest BCUT2D eigenvalue weighted by Gasteiger charge is -2.24. The molecule has 1 heterocycles. The monoisotopic (exact) mass is 301 g/mol. The van der Waals surface area contributed by atoms with Crippen molar-refractivity contribution in [3.8, 4) is 0 Å². The van der Waals surface area contributed by atoms with E-state index in [2.05, 4.69) is 39.0 Å². The van der Waals surface area contributed by atoms with Crippen molar-refractivity contribution in [2.24, 2.45) is 0 Å². The van der Waals surface area contributed by atoms with Crippen molar-refractivity contribution in [3.63, 3.8) is 0 Å². The van der Waals surface area contributed by atoms with Crippen molar-refractivity contribution in [1.82, 2.24) is 0 Å². The Morgan fingerprint density at radius 1 is 1.12 bits per heavy atom. The number of halogens is 2. The van der Waals surface area contributed by atoms with Crippen LogP contribution in [0.5, 0.6) is 0 Å². The molecule has 1 aromatic rings. The van der Waals surface area contributed by atoms with Gasteiger partial charge in [-0.3, -0.25) is 0 Å². The highest BCUT2D eigenvalue weighted by atomic mass is 79.9. The summed E-state index contributed by atoms with van der Waals surface area (Å²) >= 11 is 9.48. The zero-order chi connectivity index (χ0) is 11.4. The second kappa shape index (κ2) is 5.92. The third-order valence-corrected chi connectivity index (χ3v) is 4.06. The zero-order valence-electron chi connectivity index (χ0n) is 9.38. The number of alkyl halides is 1. The Morgan fingerprint density at radius 2 is 1.81 bits per heavy atom. The van der Waals surface area contributed by atoms with Crippen molar-refractivity contribution in [2.45, 2.75) is 31.6 Å². The molecule has 1 nitrogen and oxygen atoms in total. The van der Waals surface area contributed by atoms with Crippen LogP contribution in [0.25, 0.3) is 0 Å². The predicted octanol–water partition coefficient (Wildman–Crippen LogP) is 4.57. The van der Waals surface area contributed by atoms with Crippen LogP contribution in [0.1, 0.15) is 31.2 Å². The minimum atomic E-state index is 0.582. The van der Waals surface area contributed by atoms with Crippen LogP contribution in [-0.2, 0) is 5.88 Å². The molecule has 1 aliphatic heterocycles. The molecule has 0 unspecified atom stereocenters. The Bertz CT molecular complexity index is 346. The second-order valence-electron chi connectivity index (χ2n) is 4.32. The van der Waals surface area contributed by atoms with Crippen molar-refractivity contribution in [2.75, 3.05) is 18.0 Å². The van der Waals surface area contributed by atoms with Gasteiger partial charge in [-0.05, 0) is 46.5 Å². The maximum atomic E-state index is 5.83. The standard InChI is InChI=1S/C13H17BrClN/c14-12-9-11(10-15)5-6-13(12)16-7-3-1-2-4-8-16/h5-6,9H,1-4,7-8,10H2. The fourth-order valence-electron chi connectivity index (χ4n) is 2.20. The number of hydrogen-bond acceptors (Lipinski definition) is 1. The number of benzene rings is 1. The Kier molecular flexibility index (Phi) is 4.54. The first-order chi connectivity index (χ1) is 7.81. The van der Waals surface area contributed by atoms with E-state index in [-0.39, 0.29) is 0 Å². The first-order valence-electron chi connectivity index (χ1n) is 5.90. The van der Waals surface area contributed by atoms with Gasteiger partial charge < -0.3 is 4.90 Å². The Balaban J connectivity index is 2.18. The summed E-state index contributed by atoms with van der Waals surface area (Å²) in [5.74, 6) is 0.582. The first kappa shape index (κ1) is 12.3. The van der Waals surface area contributed by atoms with Crippen LogP contribution in [0.15, 0.2) is 22.7 Å². The molecule has 0 N–H and O–H groups in total. The predicted molar refractivity (Wildman–Crippen MR) is 74.4 cm³/mol. The van der Waals surface area contributed by atoms with E-state index in [1.165, 1.54) is 54.5 Å². The molecule has 88 valence electrons. The molecular weight excluding hydrogens is 286 g/mol. The topological polar surface area (TPSA) is 3.24 Å². The van der Waals surface area contributed by atoms with Gasteiger partial charge in [0, 0.05) is 23.4 Å². The lowest BCUT2D eigenvalue weighted by atomic mass is 10.2. The molecule has 1 saturated heterocycles. The number of rotatable bonds is 2. The lowest BCUT2D eigenvalue weighted by molar-refractivity contribution is 0.726. The molecule has 0 radical (unpaired) electrons. The summed E-state index contributed by atoms with van der Waals surface area (Å²) in [5.41, 5.74) is 2.49. The van der Waals surface area contributed by atoms with Gasteiger partial charge in [0.25, 0.3) is 0 Å². The third-order valence-electron chi connectivity index (χ3n) is 3.11. The van der Waals surface area contributed by atoms with E-state index in [1.807, 2.05) is 0 Å². The molecule has 0 spiro atoms. The zero-order valence-corrected chi connectivity index (χ0v) is 11.7. The molecule has 0 aromatic heterocycles. The highest BCUT2D eigenvalue weighted by Crippen LogP contribution is 2.29. The smallest absolute Gasteiger partial charge is 0.0510 e. The van der Waals surface area contributed by atoms with E-state index >= 15 is 0 Å². The van der Waals surface area contributed by atoms with E-state index in [0.29, 0.717) is 5.88 Å². The number of nitrogens with zero attached hydrogens (tertiary/aromatic N) is 1. The molecular formula is C13H17BrClN. The normalized spacial score (nSPS) is 17.2. The summed E-state index contributed by atoms with van der Waals surface area (Å²) in [5, 5.41) is 0. The van der Waals surface area contributed by atoms with Crippen LogP contribution < -0.4 is 4.90 Å². The molecule has 2 rings (SSSR count). The average molecular weight is 303 g/mol. The largest absolute Gasteiger partial charge is 0.371 e. The SMILES string of the molecule is ClCc1ccc(N2CCCCCC2)c(Br)c1. The Hall–Kier alpha value is -0.210. The fraction of sp³-hybridized carbons (Fsp3) is 0.538. The minimum Gasteiger partial charge on any atom is -0.371 e. The van der Waals surface area contributed by atoms with Gasteiger partial charge in [-0.2, -0.15) is 0 Å². The number of hydrogen-bond donors (Lipinski definition) is 0. The lowest BCUT2D eigenvalue weighted by Crippen LogP contribution is -2.24. The van der Waals surface area contributed by atoms with E-state index < -0.39 is 0 Å². The van der Waals surface area contributed by atoms with Crippen LogP contribution in [0.4, 0.5) is 5.69 Å². The molecule has 1 fully saturated rings. The van der Waals surface area contributed by atoms with E-state index in [1.54, 1.807) is 0 Å². The molecule has 3 heteroatoms. The molecule has 1 aliphatic rings. The highest BCUT2D eigenvalue weighted by Gasteiger charge is 2.12. The van der Waals surface area contributed by atoms with Crippen LogP contribution in [0.2, 0.25) is 0 Å². The van der Waals surface area contributed by atoms with E-state index in [9.17, 15) is 0 Å². The molecule has 0 amide bonds. The maximum absolute atomic E-state index is 5.83. The van der Waals surface area contributed by atoms with Crippen LogP contribution >= 0.6 is 27.5 Å². The van der Waals surface area contributed by atoms with Crippen molar-refractivity contribution >= 4 is 33.2 Å². The van der Waals surface area contributed by atoms with E-state index in [4.69, 9.17) is 11.6 Å². The minimum absolute atomic E-state index is 0.582. The molecule has 0 saturated carbocycles. The molecule has 1 aromatic carbocycles. The van der Waals surface area contributed by atoms with Crippen LogP contribution in [0, 0.1) is 0 Å². The summed E-state index contributed by atoms with van der Waals surface area (Å²) in [6.45, 7) is 2.36. The maximum Gasteiger partial charge on any atom is 0.0510 e. The van der Waals surface area contributed by atoms with Gasteiger partial charge in [-0.25, -0.2) is 0 Å². The Morgan fingerprint density at radius 3 is 2.38 bits per heavy atom. The van der Waals surface area contributed by atoms with Crippen molar-refractivity contribution in [3.05, 3.63) is 28.2 Å². The van der Waals surface area contributed by atoms with Gasteiger partial charge in [0.15, 0.2) is 0 Å². The summed E-state index contributed by atoms with van der Waals surface area (Å²) in [7, 11) is 0. The first-order valence-corrected chi connectivity index (χ1v) is 7.23. The quantitative estimate of drug-likeness (QED) is 0.723. The second-order valence-corrected chi connectivity index (χ2v) is 5.44. The van der Waals surface area contributed by atoms with Gasteiger partial charge in [0.2, 0.25) is 0 Å².